The molecule has 0 unspecified atom stereocenters. The molecule has 0 spiro atoms. The van der Waals surface area contributed by atoms with Gasteiger partial charge in [-0.3, -0.25) is 0 Å². The highest BCUT2D eigenvalue weighted by atomic mass is 35.5. The van der Waals surface area contributed by atoms with Gasteiger partial charge in [-0.2, -0.15) is 0 Å². The van der Waals surface area contributed by atoms with Crippen molar-refractivity contribution in [3.63, 3.8) is 0 Å². The standard InChI is InChI=1S/C14H17ClFN3/c1-9(2)8-19-13(7-15)17-18-14(19)11-5-4-10(3)6-12(11)16/h4-6,9H,7-8H2,1-3H3. The lowest BCUT2D eigenvalue weighted by Gasteiger charge is -2.12. The second kappa shape index (κ2) is 5.70. The highest BCUT2D eigenvalue weighted by Gasteiger charge is 2.17. The highest BCUT2D eigenvalue weighted by Crippen LogP contribution is 2.24. The van der Waals surface area contributed by atoms with Gasteiger partial charge in [-0.25, -0.2) is 4.39 Å². The minimum absolute atomic E-state index is 0.271. The number of nitrogens with zero attached hydrogens (tertiary/aromatic N) is 3. The van der Waals surface area contributed by atoms with E-state index < -0.39 is 0 Å². The molecule has 102 valence electrons. The molecule has 5 heteroatoms. The molecule has 2 aromatic rings. The fraction of sp³-hybridized carbons (Fsp3) is 0.429. The van der Waals surface area contributed by atoms with E-state index in [1.807, 2.05) is 17.6 Å². The summed E-state index contributed by atoms with van der Waals surface area (Å²) < 4.78 is 15.9. The van der Waals surface area contributed by atoms with Crippen LogP contribution in [0.25, 0.3) is 11.4 Å². The summed E-state index contributed by atoms with van der Waals surface area (Å²) in [6, 6.07) is 5.11. The number of alkyl halides is 1. The van der Waals surface area contributed by atoms with Gasteiger partial charge in [-0.15, -0.1) is 21.8 Å². The molecular formula is C14H17ClFN3. The third-order valence-electron chi connectivity index (χ3n) is 2.86. The van der Waals surface area contributed by atoms with Gasteiger partial charge in [-0.05, 0) is 30.5 Å². The zero-order valence-corrected chi connectivity index (χ0v) is 12.1. The van der Waals surface area contributed by atoms with Crippen LogP contribution >= 0.6 is 11.6 Å². The molecule has 19 heavy (non-hydrogen) atoms. The van der Waals surface area contributed by atoms with E-state index in [-0.39, 0.29) is 11.7 Å². The van der Waals surface area contributed by atoms with Crippen LogP contribution in [0.4, 0.5) is 4.39 Å². The zero-order valence-electron chi connectivity index (χ0n) is 11.3. The molecule has 0 bridgehead atoms. The molecule has 0 saturated heterocycles. The Labute approximate surface area is 117 Å². The van der Waals surface area contributed by atoms with E-state index in [4.69, 9.17) is 11.6 Å². The maximum absolute atomic E-state index is 14.1. The Morgan fingerprint density at radius 1 is 1.32 bits per heavy atom. The summed E-state index contributed by atoms with van der Waals surface area (Å²) in [5.41, 5.74) is 1.35. The fourth-order valence-corrected chi connectivity index (χ4v) is 2.19. The molecule has 0 aliphatic rings. The zero-order chi connectivity index (χ0) is 14.0. The number of aromatic nitrogens is 3. The van der Waals surface area contributed by atoms with Gasteiger partial charge in [0.1, 0.15) is 11.6 Å². The van der Waals surface area contributed by atoms with Crippen molar-refractivity contribution in [3.8, 4) is 11.4 Å². The van der Waals surface area contributed by atoms with E-state index in [0.29, 0.717) is 23.1 Å². The Kier molecular flexibility index (Phi) is 4.20. The smallest absolute Gasteiger partial charge is 0.166 e. The van der Waals surface area contributed by atoms with Crippen LogP contribution in [-0.2, 0) is 12.4 Å². The first-order valence-corrected chi connectivity index (χ1v) is 6.81. The van der Waals surface area contributed by atoms with Crippen LogP contribution in [0.15, 0.2) is 18.2 Å². The number of benzene rings is 1. The van der Waals surface area contributed by atoms with Gasteiger partial charge in [0.25, 0.3) is 0 Å². The van der Waals surface area contributed by atoms with E-state index in [0.717, 1.165) is 12.1 Å². The molecule has 0 radical (unpaired) electrons. The van der Waals surface area contributed by atoms with E-state index in [1.54, 1.807) is 6.07 Å². The first-order chi connectivity index (χ1) is 9.02. The molecule has 0 saturated carbocycles. The van der Waals surface area contributed by atoms with E-state index in [9.17, 15) is 4.39 Å². The molecule has 0 aliphatic carbocycles. The average Bonchev–Trinajstić information content (AvgIpc) is 2.71. The minimum Gasteiger partial charge on any atom is -0.310 e. The van der Waals surface area contributed by atoms with E-state index >= 15 is 0 Å². The molecule has 3 nitrogen and oxygen atoms in total. The second-order valence-corrected chi connectivity index (χ2v) is 5.33. The van der Waals surface area contributed by atoms with Crippen LogP contribution in [0.5, 0.6) is 0 Å². The molecule has 1 aromatic carbocycles. The third-order valence-corrected chi connectivity index (χ3v) is 3.10. The van der Waals surface area contributed by atoms with Gasteiger partial charge in [0, 0.05) is 6.54 Å². The van der Waals surface area contributed by atoms with E-state index in [2.05, 4.69) is 24.0 Å². The van der Waals surface area contributed by atoms with Crippen LogP contribution in [0.2, 0.25) is 0 Å². The molecule has 0 N–H and O–H groups in total. The summed E-state index contributed by atoms with van der Waals surface area (Å²) in [5, 5.41) is 8.13. The highest BCUT2D eigenvalue weighted by molar-refractivity contribution is 6.16. The summed E-state index contributed by atoms with van der Waals surface area (Å²) in [6.45, 7) is 6.76. The van der Waals surface area contributed by atoms with Gasteiger partial charge < -0.3 is 4.57 Å². The lowest BCUT2D eigenvalue weighted by Crippen LogP contribution is -2.10. The summed E-state index contributed by atoms with van der Waals surface area (Å²) in [6.07, 6.45) is 0. The van der Waals surface area contributed by atoms with Crippen molar-refractivity contribution in [2.24, 2.45) is 5.92 Å². The van der Waals surface area contributed by atoms with Crippen molar-refractivity contribution in [1.29, 1.82) is 0 Å². The van der Waals surface area contributed by atoms with Crippen LogP contribution in [-0.4, -0.2) is 14.8 Å². The number of hydrogen-bond donors (Lipinski definition) is 0. The number of aryl methyl sites for hydroxylation is 1. The topological polar surface area (TPSA) is 30.7 Å². The Balaban J connectivity index is 2.52. The molecule has 1 aromatic heterocycles. The van der Waals surface area contributed by atoms with Gasteiger partial charge >= 0.3 is 0 Å². The molecule has 1 heterocycles. The van der Waals surface area contributed by atoms with Gasteiger partial charge in [0.2, 0.25) is 0 Å². The van der Waals surface area contributed by atoms with Crippen LogP contribution in [0.1, 0.15) is 25.2 Å². The van der Waals surface area contributed by atoms with Crippen molar-refractivity contribution in [3.05, 3.63) is 35.4 Å². The molecule has 0 aliphatic heterocycles. The third kappa shape index (κ3) is 2.95. The monoisotopic (exact) mass is 281 g/mol. The first kappa shape index (κ1) is 14.0. The maximum atomic E-state index is 14.1. The van der Waals surface area contributed by atoms with E-state index in [1.165, 1.54) is 6.07 Å². The Hall–Kier alpha value is -1.42. The number of hydrogen-bond acceptors (Lipinski definition) is 2. The Bertz CT molecular complexity index is 578. The van der Waals surface area contributed by atoms with Crippen molar-refractivity contribution in [2.75, 3.05) is 0 Å². The lowest BCUT2D eigenvalue weighted by atomic mass is 10.1. The molecule has 0 atom stereocenters. The van der Waals surface area contributed by atoms with Crippen LogP contribution in [0, 0.1) is 18.7 Å². The summed E-state index contributed by atoms with van der Waals surface area (Å²) in [7, 11) is 0. The SMILES string of the molecule is Cc1ccc(-c2nnc(CCl)n2CC(C)C)c(F)c1. The summed E-state index contributed by atoms with van der Waals surface area (Å²) in [5.74, 6) is 1.61. The maximum Gasteiger partial charge on any atom is 0.166 e. The van der Waals surface area contributed by atoms with Crippen molar-refractivity contribution < 1.29 is 4.39 Å². The van der Waals surface area contributed by atoms with Gasteiger partial charge in [-0.1, -0.05) is 19.9 Å². The van der Waals surface area contributed by atoms with Gasteiger partial charge in [0.05, 0.1) is 11.4 Å². The summed E-state index contributed by atoms with van der Waals surface area (Å²) >= 11 is 5.86. The predicted molar refractivity (Wildman–Crippen MR) is 74.5 cm³/mol. The van der Waals surface area contributed by atoms with Crippen molar-refractivity contribution >= 4 is 11.6 Å². The molecule has 0 fully saturated rings. The largest absolute Gasteiger partial charge is 0.310 e. The Morgan fingerprint density at radius 2 is 2.05 bits per heavy atom. The second-order valence-electron chi connectivity index (χ2n) is 5.06. The normalized spacial score (nSPS) is 11.3. The van der Waals surface area contributed by atoms with Crippen molar-refractivity contribution in [2.45, 2.75) is 33.2 Å². The first-order valence-electron chi connectivity index (χ1n) is 6.27. The molecule has 2 rings (SSSR count). The lowest BCUT2D eigenvalue weighted by molar-refractivity contribution is 0.514. The average molecular weight is 282 g/mol. The summed E-state index contributed by atoms with van der Waals surface area (Å²) in [4.78, 5) is 0. The predicted octanol–water partition coefficient (Wildman–Crippen LogP) is 3.79. The van der Waals surface area contributed by atoms with Gasteiger partial charge in [0.15, 0.2) is 5.82 Å². The quantitative estimate of drug-likeness (QED) is 0.799. The number of rotatable bonds is 4. The van der Waals surface area contributed by atoms with Crippen LogP contribution in [0.3, 0.4) is 0 Å². The van der Waals surface area contributed by atoms with Crippen LogP contribution < -0.4 is 0 Å². The molecule has 0 amide bonds. The minimum atomic E-state index is -0.279. The number of halogens is 2. The fourth-order valence-electron chi connectivity index (χ4n) is 1.99. The van der Waals surface area contributed by atoms with Crippen molar-refractivity contribution in [1.82, 2.24) is 14.8 Å². The molecular weight excluding hydrogens is 265 g/mol. The Morgan fingerprint density at radius 3 is 2.63 bits per heavy atom.